The van der Waals surface area contributed by atoms with E-state index in [1.54, 1.807) is 0 Å². The Morgan fingerprint density at radius 2 is 1.88 bits per heavy atom. The number of rotatable bonds is 5. The molecule has 2 unspecified atom stereocenters. The molecular formula is C15H28O2. The van der Waals surface area contributed by atoms with Gasteiger partial charge in [-0.1, -0.05) is 19.3 Å². The fourth-order valence-corrected chi connectivity index (χ4v) is 3.49. The zero-order valence-corrected chi connectivity index (χ0v) is 11.3. The van der Waals surface area contributed by atoms with Gasteiger partial charge in [0.2, 0.25) is 0 Å². The Morgan fingerprint density at radius 1 is 1.12 bits per heavy atom. The minimum Gasteiger partial charge on any atom is -0.390 e. The largest absolute Gasteiger partial charge is 0.390 e. The lowest BCUT2D eigenvalue weighted by molar-refractivity contribution is -0.0278. The lowest BCUT2D eigenvalue weighted by Gasteiger charge is -2.36. The molecule has 0 radical (unpaired) electrons. The molecule has 2 nitrogen and oxygen atoms in total. The number of ether oxygens (including phenoxy) is 1. The fourth-order valence-electron chi connectivity index (χ4n) is 3.49. The SMILES string of the molecule is CC(O)(CCCC1CCCO1)C1CCCCC1. The third-order valence-corrected chi connectivity index (χ3v) is 4.72. The Labute approximate surface area is 106 Å². The molecule has 0 amide bonds. The third-order valence-electron chi connectivity index (χ3n) is 4.72. The van der Waals surface area contributed by atoms with Gasteiger partial charge in [0.1, 0.15) is 0 Å². The van der Waals surface area contributed by atoms with Crippen molar-refractivity contribution in [3.63, 3.8) is 0 Å². The van der Waals surface area contributed by atoms with Gasteiger partial charge in [-0.05, 0) is 57.8 Å². The maximum absolute atomic E-state index is 10.6. The van der Waals surface area contributed by atoms with Crippen LogP contribution in [0.4, 0.5) is 0 Å². The van der Waals surface area contributed by atoms with Crippen LogP contribution in [0.25, 0.3) is 0 Å². The second-order valence-electron chi connectivity index (χ2n) is 6.22. The van der Waals surface area contributed by atoms with Crippen LogP contribution in [0.3, 0.4) is 0 Å². The minimum absolute atomic E-state index is 0.432. The number of hydrogen-bond acceptors (Lipinski definition) is 2. The lowest BCUT2D eigenvalue weighted by atomic mass is 9.75. The van der Waals surface area contributed by atoms with Gasteiger partial charge >= 0.3 is 0 Å². The van der Waals surface area contributed by atoms with Crippen molar-refractivity contribution in [2.45, 2.75) is 82.8 Å². The molecule has 2 fully saturated rings. The highest BCUT2D eigenvalue weighted by Gasteiger charge is 2.32. The van der Waals surface area contributed by atoms with E-state index in [1.807, 2.05) is 0 Å². The summed E-state index contributed by atoms with van der Waals surface area (Å²) in [5.74, 6) is 0.542. The molecule has 100 valence electrons. The van der Waals surface area contributed by atoms with E-state index in [2.05, 4.69) is 6.92 Å². The van der Waals surface area contributed by atoms with Gasteiger partial charge < -0.3 is 9.84 Å². The maximum Gasteiger partial charge on any atom is 0.0647 e. The van der Waals surface area contributed by atoms with Crippen molar-refractivity contribution in [3.05, 3.63) is 0 Å². The van der Waals surface area contributed by atoms with E-state index >= 15 is 0 Å². The molecular weight excluding hydrogens is 212 g/mol. The van der Waals surface area contributed by atoms with Crippen LogP contribution in [0.5, 0.6) is 0 Å². The molecule has 0 aromatic carbocycles. The summed E-state index contributed by atoms with van der Waals surface area (Å²) in [6.45, 7) is 3.00. The van der Waals surface area contributed by atoms with Crippen molar-refractivity contribution in [1.82, 2.24) is 0 Å². The van der Waals surface area contributed by atoms with Crippen LogP contribution >= 0.6 is 0 Å². The molecule has 1 aliphatic heterocycles. The molecule has 2 heteroatoms. The van der Waals surface area contributed by atoms with Crippen LogP contribution in [0.2, 0.25) is 0 Å². The molecule has 2 atom stereocenters. The highest BCUT2D eigenvalue weighted by atomic mass is 16.5. The van der Waals surface area contributed by atoms with Crippen molar-refractivity contribution in [1.29, 1.82) is 0 Å². The Hall–Kier alpha value is -0.0800. The molecule has 0 spiro atoms. The Bertz CT molecular complexity index is 213. The van der Waals surface area contributed by atoms with Crippen molar-refractivity contribution in [2.24, 2.45) is 5.92 Å². The first-order chi connectivity index (χ1) is 8.18. The van der Waals surface area contributed by atoms with Crippen molar-refractivity contribution in [3.8, 4) is 0 Å². The van der Waals surface area contributed by atoms with Gasteiger partial charge in [0.25, 0.3) is 0 Å². The van der Waals surface area contributed by atoms with Crippen LogP contribution in [0, 0.1) is 5.92 Å². The fraction of sp³-hybridized carbons (Fsp3) is 1.00. The topological polar surface area (TPSA) is 29.5 Å². The van der Waals surface area contributed by atoms with Gasteiger partial charge in [0.05, 0.1) is 11.7 Å². The summed E-state index contributed by atoms with van der Waals surface area (Å²) in [6, 6.07) is 0. The van der Waals surface area contributed by atoms with E-state index in [9.17, 15) is 5.11 Å². The summed E-state index contributed by atoms with van der Waals surface area (Å²) in [4.78, 5) is 0. The van der Waals surface area contributed by atoms with E-state index in [0.29, 0.717) is 12.0 Å². The summed E-state index contributed by atoms with van der Waals surface area (Å²) in [5, 5.41) is 10.6. The zero-order chi connectivity index (χ0) is 12.1. The number of aliphatic hydroxyl groups is 1. The molecule has 0 aromatic heterocycles. The molecule has 0 aromatic rings. The number of hydrogen-bond donors (Lipinski definition) is 1. The minimum atomic E-state index is -0.432. The summed E-state index contributed by atoms with van der Waals surface area (Å²) >= 11 is 0. The van der Waals surface area contributed by atoms with Gasteiger partial charge in [-0.15, -0.1) is 0 Å². The van der Waals surface area contributed by atoms with Crippen LogP contribution < -0.4 is 0 Å². The first-order valence-electron chi connectivity index (χ1n) is 7.52. The Morgan fingerprint density at radius 3 is 2.53 bits per heavy atom. The lowest BCUT2D eigenvalue weighted by Crippen LogP contribution is -2.36. The zero-order valence-electron chi connectivity index (χ0n) is 11.3. The highest BCUT2D eigenvalue weighted by molar-refractivity contribution is 4.84. The predicted molar refractivity (Wildman–Crippen MR) is 70.0 cm³/mol. The predicted octanol–water partition coefficient (Wildman–Crippen LogP) is 3.67. The van der Waals surface area contributed by atoms with E-state index in [4.69, 9.17) is 4.74 Å². The van der Waals surface area contributed by atoms with Gasteiger partial charge in [-0.3, -0.25) is 0 Å². The smallest absolute Gasteiger partial charge is 0.0647 e. The molecule has 1 aliphatic carbocycles. The van der Waals surface area contributed by atoms with Crippen LogP contribution in [0.1, 0.15) is 71.1 Å². The summed E-state index contributed by atoms with van der Waals surface area (Å²) in [6.07, 6.45) is 12.6. The molecule has 1 N–H and O–H groups in total. The van der Waals surface area contributed by atoms with E-state index in [-0.39, 0.29) is 0 Å². The average Bonchev–Trinajstić information content (AvgIpc) is 2.83. The summed E-state index contributed by atoms with van der Waals surface area (Å²) < 4.78 is 5.63. The average molecular weight is 240 g/mol. The van der Waals surface area contributed by atoms with Gasteiger partial charge in [0, 0.05) is 6.61 Å². The van der Waals surface area contributed by atoms with Gasteiger partial charge in [-0.25, -0.2) is 0 Å². The van der Waals surface area contributed by atoms with Gasteiger partial charge in [-0.2, -0.15) is 0 Å². The summed E-state index contributed by atoms with van der Waals surface area (Å²) in [5.41, 5.74) is -0.432. The van der Waals surface area contributed by atoms with Crippen LogP contribution in [-0.4, -0.2) is 23.4 Å². The molecule has 1 heterocycles. The molecule has 1 saturated heterocycles. The van der Waals surface area contributed by atoms with Crippen molar-refractivity contribution >= 4 is 0 Å². The molecule has 17 heavy (non-hydrogen) atoms. The Kier molecular flexibility index (Phi) is 4.87. The first-order valence-corrected chi connectivity index (χ1v) is 7.52. The van der Waals surface area contributed by atoms with E-state index in [0.717, 1.165) is 25.9 Å². The van der Waals surface area contributed by atoms with E-state index < -0.39 is 5.60 Å². The third kappa shape index (κ3) is 3.96. The van der Waals surface area contributed by atoms with Gasteiger partial charge in [0.15, 0.2) is 0 Å². The second-order valence-corrected chi connectivity index (χ2v) is 6.22. The van der Waals surface area contributed by atoms with Crippen molar-refractivity contribution < 1.29 is 9.84 Å². The maximum atomic E-state index is 10.6. The Balaban J connectivity index is 1.68. The molecule has 1 saturated carbocycles. The standard InChI is InChI=1S/C15H28O2/c1-15(16,13-7-3-2-4-8-13)11-5-9-14-10-6-12-17-14/h13-14,16H,2-12H2,1H3. The quantitative estimate of drug-likeness (QED) is 0.794. The molecule has 0 bridgehead atoms. The van der Waals surface area contributed by atoms with Crippen molar-refractivity contribution in [2.75, 3.05) is 6.61 Å². The van der Waals surface area contributed by atoms with Crippen LogP contribution in [0.15, 0.2) is 0 Å². The highest BCUT2D eigenvalue weighted by Crippen LogP contribution is 2.35. The molecule has 2 rings (SSSR count). The summed E-state index contributed by atoms with van der Waals surface area (Å²) in [7, 11) is 0. The normalized spacial score (nSPS) is 30.4. The first kappa shape index (κ1) is 13.4. The monoisotopic (exact) mass is 240 g/mol. The second kappa shape index (κ2) is 6.19. The van der Waals surface area contributed by atoms with Crippen LogP contribution in [-0.2, 0) is 4.74 Å². The molecule has 2 aliphatic rings. The van der Waals surface area contributed by atoms with E-state index in [1.165, 1.54) is 44.9 Å².